The van der Waals surface area contributed by atoms with Gasteiger partial charge in [0, 0.05) is 18.8 Å². The number of ether oxygens (including phenoxy) is 3. The topological polar surface area (TPSA) is 27.7 Å². The van der Waals surface area contributed by atoms with Gasteiger partial charge >= 0.3 is 0 Å². The Balaban J connectivity index is 1.40. The Kier molecular flexibility index (Phi) is 4.03. The van der Waals surface area contributed by atoms with E-state index < -0.39 is 0 Å². The van der Waals surface area contributed by atoms with E-state index in [4.69, 9.17) is 14.2 Å². The molecule has 3 nitrogen and oxygen atoms in total. The van der Waals surface area contributed by atoms with Crippen molar-refractivity contribution in [3.63, 3.8) is 0 Å². The minimum absolute atomic E-state index is 0.316. The van der Waals surface area contributed by atoms with Crippen LogP contribution in [0.4, 0.5) is 0 Å². The fraction of sp³-hybridized carbons (Fsp3) is 0.579. The summed E-state index contributed by atoms with van der Waals surface area (Å²) in [4.78, 5) is 0. The summed E-state index contributed by atoms with van der Waals surface area (Å²) < 4.78 is 18.0. The molecule has 4 rings (SSSR count). The van der Waals surface area contributed by atoms with E-state index in [-0.39, 0.29) is 5.79 Å². The Morgan fingerprint density at radius 3 is 2.73 bits per heavy atom. The van der Waals surface area contributed by atoms with E-state index in [9.17, 15) is 0 Å². The van der Waals surface area contributed by atoms with Crippen LogP contribution in [-0.2, 0) is 20.8 Å². The van der Waals surface area contributed by atoms with Gasteiger partial charge in [-0.1, -0.05) is 42.0 Å². The number of allylic oxidation sites excluding steroid dienone is 1. The summed E-state index contributed by atoms with van der Waals surface area (Å²) in [6.07, 6.45) is 8.05. The van der Waals surface area contributed by atoms with Crippen LogP contribution in [0.2, 0.25) is 0 Å². The van der Waals surface area contributed by atoms with Gasteiger partial charge in [-0.05, 0) is 24.8 Å². The van der Waals surface area contributed by atoms with Crippen LogP contribution in [0, 0.1) is 5.92 Å². The Labute approximate surface area is 132 Å². The van der Waals surface area contributed by atoms with Crippen LogP contribution < -0.4 is 0 Å². The number of rotatable bonds is 3. The van der Waals surface area contributed by atoms with E-state index in [1.54, 1.807) is 0 Å². The summed E-state index contributed by atoms with van der Waals surface area (Å²) in [5.41, 5.74) is 2.76. The van der Waals surface area contributed by atoms with Gasteiger partial charge in [0.2, 0.25) is 0 Å². The molecule has 0 bridgehead atoms. The second-order valence-corrected chi connectivity index (χ2v) is 6.62. The molecule has 2 atom stereocenters. The lowest BCUT2D eigenvalue weighted by molar-refractivity contribution is -0.176. The molecule has 0 radical (unpaired) electrons. The Morgan fingerprint density at radius 1 is 1.09 bits per heavy atom. The van der Waals surface area contributed by atoms with Crippen molar-refractivity contribution in [2.75, 3.05) is 13.2 Å². The monoisotopic (exact) mass is 300 g/mol. The number of hydrogen-bond donors (Lipinski definition) is 0. The molecular weight excluding hydrogens is 276 g/mol. The first kappa shape index (κ1) is 14.4. The maximum absolute atomic E-state index is 6.27. The zero-order valence-electron chi connectivity index (χ0n) is 13.0. The molecule has 1 heterocycles. The maximum atomic E-state index is 6.27. The first-order valence-electron chi connectivity index (χ1n) is 8.47. The highest BCUT2D eigenvalue weighted by Crippen LogP contribution is 2.45. The number of hydrogen-bond acceptors (Lipinski definition) is 3. The highest BCUT2D eigenvalue weighted by atomic mass is 16.7. The molecule has 1 aromatic carbocycles. The standard InChI is InChI=1S/C19H24O3/c1-2-5-15(6-3-1)14-20-18-8-4-7-16-13-19(10-9-17(16)18)21-11-12-22-19/h1-3,5-7,17-18H,4,8-14H2. The molecule has 3 aliphatic rings. The average Bonchev–Trinajstić information content (AvgIpc) is 3.01. The van der Waals surface area contributed by atoms with Gasteiger partial charge in [0.25, 0.3) is 0 Å². The predicted octanol–water partition coefficient (Wildman–Crippen LogP) is 3.84. The van der Waals surface area contributed by atoms with Gasteiger partial charge < -0.3 is 14.2 Å². The molecule has 2 fully saturated rings. The lowest BCUT2D eigenvalue weighted by Gasteiger charge is -2.42. The smallest absolute Gasteiger partial charge is 0.172 e. The molecule has 0 N–H and O–H groups in total. The largest absolute Gasteiger partial charge is 0.373 e. The van der Waals surface area contributed by atoms with Crippen LogP contribution in [-0.4, -0.2) is 25.1 Å². The maximum Gasteiger partial charge on any atom is 0.172 e. The first-order chi connectivity index (χ1) is 10.8. The van der Waals surface area contributed by atoms with Crippen LogP contribution in [0.25, 0.3) is 0 Å². The second kappa shape index (κ2) is 6.15. The van der Waals surface area contributed by atoms with E-state index in [1.807, 2.05) is 6.07 Å². The summed E-state index contributed by atoms with van der Waals surface area (Å²) in [7, 11) is 0. The minimum atomic E-state index is -0.316. The molecule has 3 heteroatoms. The van der Waals surface area contributed by atoms with Crippen molar-refractivity contribution in [3.8, 4) is 0 Å². The lowest BCUT2D eigenvalue weighted by Crippen LogP contribution is -2.41. The Bertz CT molecular complexity index is 531. The summed E-state index contributed by atoms with van der Waals surface area (Å²) in [6, 6.07) is 10.5. The second-order valence-electron chi connectivity index (χ2n) is 6.62. The molecule has 0 aromatic heterocycles. The van der Waals surface area contributed by atoms with E-state index in [2.05, 4.69) is 30.3 Å². The van der Waals surface area contributed by atoms with Crippen LogP contribution in [0.1, 0.15) is 37.7 Å². The fourth-order valence-electron chi connectivity index (χ4n) is 4.09. The van der Waals surface area contributed by atoms with Crippen LogP contribution >= 0.6 is 0 Å². The van der Waals surface area contributed by atoms with E-state index in [0.717, 1.165) is 45.3 Å². The van der Waals surface area contributed by atoms with Crippen molar-refractivity contribution in [1.29, 1.82) is 0 Å². The molecule has 1 saturated carbocycles. The quantitative estimate of drug-likeness (QED) is 0.794. The Morgan fingerprint density at radius 2 is 1.91 bits per heavy atom. The summed E-state index contributed by atoms with van der Waals surface area (Å²) in [6.45, 7) is 2.20. The third-order valence-electron chi connectivity index (χ3n) is 5.21. The minimum Gasteiger partial charge on any atom is -0.373 e. The molecule has 0 amide bonds. The third-order valence-corrected chi connectivity index (χ3v) is 5.21. The Hall–Kier alpha value is -1.16. The molecule has 1 spiro atoms. The van der Waals surface area contributed by atoms with Gasteiger partial charge in [-0.3, -0.25) is 0 Å². The predicted molar refractivity (Wildman–Crippen MR) is 84.3 cm³/mol. The first-order valence-corrected chi connectivity index (χ1v) is 8.47. The molecule has 22 heavy (non-hydrogen) atoms. The summed E-state index contributed by atoms with van der Waals surface area (Å²) in [5, 5.41) is 0. The number of fused-ring (bicyclic) bond motifs is 1. The van der Waals surface area contributed by atoms with Gasteiger partial charge in [0.15, 0.2) is 5.79 Å². The van der Waals surface area contributed by atoms with E-state index in [1.165, 1.54) is 11.1 Å². The number of benzene rings is 1. The zero-order chi connectivity index (χ0) is 14.8. The van der Waals surface area contributed by atoms with Crippen LogP contribution in [0.3, 0.4) is 0 Å². The van der Waals surface area contributed by atoms with Gasteiger partial charge in [-0.2, -0.15) is 0 Å². The summed E-state index contributed by atoms with van der Waals surface area (Å²) in [5.74, 6) is 0.236. The SMILES string of the molecule is C1=C2CC3(CCC2C(OCc2ccccc2)CC1)OCCO3. The van der Waals surface area contributed by atoms with Crippen LogP contribution in [0.5, 0.6) is 0 Å². The van der Waals surface area contributed by atoms with Crippen molar-refractivity contribution < 1.29 is 14.2 Å². The van der Waals surface area contributed by atoms with Gasteiger partial charge in [-0.15, -0.1) is 0 Å². The lowest BCUT2D eigenvalue weighted by atomic mass is 9.73. The normalized spacial score (nSPS) is 30.1. The van der Waals surface area contributed by atoms with Crippen molar-refractivity contribution in [1.82, 2.24) is 0 Å². The molecule has 1 aliphatic heterocycles. The molecule has 2 unspecified atom stereocenters. The highest BCUT2D eigenvalue weighted by molar-refractivity contribution is 5.19. The van der Waals surface area contributed by atoms with Crippen molar-refractivity contribution in [2.45, 2.75) is 50.6 Å². The fourth-order valence-corrected chi connectivity index (χ4v) is 4.09. The van der Waals surface area contributed by atoms with E-state index in [0.29, 0.717) is 18.6 Å². The van der Waals surface area contributed by atoms with Crippen molar-refractivity contribution in [2.24, 2.45) is 5.92 Å². The molecule has 1 aromatic rings. The highest BCUT2D eigenvalue weighted by Gasteiger charge is 2.45. The van der Waals surface area contributed by atoms with Gasteiger partial charge in [0.05, 0.1) is 25.9 Å². The molecule has 118 valence electrons. The summed E-state index contributed by atoms with van der Waals surface area (Å²) >= 11 is 0. The molecule has 1 saturated heterocycles. The average molecular weight is 300 g/mol. The van der Waals surface area contributed by atoms with Gasteiger partial charge in [0.1, 0.15) is 0 Å². The third kappa shape index (κ3) is 2.85. The van der Waals surface area contributed by atoms with Crippen LogP contribution in [0.15, 0.2) is 42.0 Å². The molecule has 2 aliphatic carbocycles. The van der Waals surface area contributed by atoms with E-state index >= 15 is 0 Å². The van der Waals surface area contributed by atoms with Crippen molar-refractivity contribution in [3.05, 3.63) is 47.5 Å². The van der Waals surface area contributed by atoms with Crippen molar-refractivity contribution >= 4 is 0 Å². The van der Waals surface area contributed by atoms with Gasteiger partial charge in [-0.25, -0.2) is 0 Å². The zero-order valence-corrected chi connectivity index (χ0v) is 13.0. The molecular formula is C19H24O3.